The molecule has 0 radical (unpaired) electrons. The van der Waals surface area contributed by atoms with Crippen LogP contribution in [0.25, 0.3) is 11.1 Å². The van der Waals surface area contributed by atoms with Crippen LogP contribution in [0.5, 0.6) is 11.5 Å². The highest BCUT2D eigenvalue weighted by Crippen LogP contribution is 2.42. The van der Waals surface area contributed by atoms with E-state index >= 15 is 0 Å². The number of likely N-dealkylation sites (N-methyl/N-ethyl adjacent to an activating group) is 1. The molecule has 0 fully saturated rings. The van der Waals surface area contributed by atoms with E-state index in [0.29, 0.717) is 43.9 Å². The van der Waals surface area contributed by atoms with Crippen LogP contribution in [0.4, 0.5) is 10.5 Å². The number of rotatable bonds is 10. The Morgan fingerprint density at radius 1 is 0.887 bits per heavy atom. The number of methoxy groups -OCH3 is 1. The van der Waals surface area contributed by atoms with Gasteiger partial charge in [0.1, 0.15) is 35.8 Å². The Balaban J connectivity index is 1.09. The predicted molar refractivity (Wildman–Crippen MR) is 234 cm³/mol. The summed E-state index contributed by atoms with van der Waals surface area (Å²) in [6, 6.07) is 30.6. The minimum atomic E-state index is -1.07. The van der Waals surface area contributed by atoms with Crippen LogP contribution < -0.4 is 19.7 Å². The standard InChI is InChI=1S/C48H44Cl2N4O8/c1-48(2,3)62-47(58)54-26-35-24-42-40(53(4)45(56)43(61-42)33-15-17-36(18-16-33)60-27-30-10-19-37(49)38(50)20-30)22-34(35)23-41(54)44(55)52-39(46(57)59-5)21-28-6-11-31(12-7-28)32-13-8-29(25-51)9-14-32/h6-20,22,24,39,41,43H,21,23,26-27H2,1-5H3,(H,52,55)/t39-,41?,43-/m0/s1. The SMILES string of the molecule is COC(=O)[C@H](Cc1ccc(-c2ccc(C#N)cc2)cc1)NC(=O)C1Cc2cc3c(cc2CN1C(=O)OC(C)(C)C)O[C@@H](c1ccc(OCc2ccc(Cl)c(Cl)c2)cc1)C(=O)N3C. The Morgan fingerprint density at radius 3 is 2.18 bits per heavy atom. The van der Waals surface area contributed by atoms with Crippen LogP contribution in [0, 0.1) is 11.3 Å². The van der Waals surface area contributed by atoms with E-state index in [9.17, 15) is 19.2 Å². The van der Waals surface area contributed by atoms with Gasteiger partial charge in [-0.05, 0) is 103 Å². The quantitative estimate of drug-likeness (QED) is 0.136. The smallest absolute Gasteiger partial charge is 0.411 e. The summed E-state index contributed by atoms with van der Waals surface area (Å²) in [7, 11) is 2.91. The highest BCUT2D eigenvalue weighted by atomic mass is 35.5. The van der Waals surface area contributed by atoms with Gasteiger partial charge in [-0.15, -0.1) is 0 Å². The molecule has 12 nitrogen and oxygen atoms in total. The summed E-state index contributed by atoms with van der Waals surface area (Å²) in [6.07, 6.45) is -1.48. The number of anilines is 1. The zero-order chi connectivity index (χ0) is 44.3. The number of benzene rings is 5. The maximum atomic E-state index is 14.3. The van der Waals surface area contributed by atoms with Gasteiger partial charge in [-0.25, -0.2) is 9.59 Å². The Hall–Kier alpha value is -6.55. The summed E-state index contributed by atoms with van der Waals surface area (Å²) >= 11 is 12.2. The molecule has 62 heavy (non-hydrogen) atoms. The van der Waals surface area contributed by atoms with Gasteiger partial charge in [-0.1, -0.05) is 77.8 Å². The summed E-state index contributed by atoms with van der Waals surface area (Å²) in [5.74, 6) is -0.513. The van der Waals surface area contributed by atoms with Gasteiger partial charge in [0.05, 0.1) is 41.0 Å². The van der Waals surface area contributed by atoms with Gasteiger partial charge in [0.25, 0.3) is 5.91 Å². The third-order valence-corrected chi connectivity index (χ3v) is 11.4. The van der Waals surface area contributed by atoms with E-state index < -0.39 is 41.8 Å². The summed E-state index contributed by atoms with van der Waals surface area (Å²) in [5.41, 5.74) is 5.69. The van der Waals surface area contributed by atoms with Crippen molar-refractivity contribution in [3.63, 3.8) is 0 Å². The van der Waals surface area contributed by atoms with Crippen LogP contribution in [0.1, 0.15) is 60.3 Å². The van der Waals surface area contributed by atoms with Crippen molar-refractivity contribution in [1.82, 2.24) is 10.2 Å². The number of carbonyl (C=O) groups is 4. The fourth-order valence-electron chi connectivity index (χ4n) is 7.33. The second-order valence-electron chi connectivity index (χ2n) is 16.1. The lowest BCUT2D eigenvalue weighted by Gasteiger charge is -2.39. The number of nitrogens with one attached hydrogen (secondary N) is 1. The molecule has 0 saturated heterocycles. The van der Waals surface area contributed by atoms with E-state index in [0.717, 1.165) is 27.8 Å². The van der Waals surface area contributed by atoms with Gasteiger partial charge in [0, 0.05) is 25.5 Å². The molecule has 318 valence electrons. The van der Waals surface area contributed by atoms with Crippen molar-refractivity contribution in [2.75, 3.05) is 19.1 Å². The van der Waals surface area contributed by atoms with Gasteiger partial charge in [0.15, 0.2) is 0 Å². The molecule has 0 bridgehead atoms. The molecule has 3 atom stereocenters. The van der Waals surface area contributed by atoms with Gasteiger partial charge in [0.2, 0.25) is 12.0 Å². The number of halogens is 2. The van der Waals surface area contributed by atoms with E-state index in [1.54, 1.807) is 88.5 Å². The average Bonchev–Trinajstić information content (AvgIpc) is 3.26. The van der Waals surface area contributed by atoms with E-state index in [-0.39, 0.29) is 31.9 Å². The first-order valence-electron chi connectivity index (χ1n) is 19.8. The molecule has 0 aliphatic carbocycles. The lowest BCUT2D eigenvalue weighted by molar-refractivity contribution is -0.145. The van der Waals surface area contributed by atoms with Crippen molar-refractivity contribution in [2.45, 2.75) is 70.6 Å². The Morgan fingerprint density at radius 2 is 1.55 bits per heavy atom. The van der Waals surface area contributed by atoms with Crippen LogP contribution in [-0.4, -0.2) is 60.6 Å². The summed E-state index contributed by atoms with van der Waals surface area (Å²) in [6.45, 7) is 5.48. The molecule has 1 unspecified atom stereocenters. The third-order valence-electron chi connectivity index (χ3n) is 10.6. The normalized spacial score (nSPS) is 16.2. The topological polar surface area (TPSA) is 148 Å². The van der Waals surface area contributed by atoms with E-state index in [4.69, 9.17) is 47.4 Å². The lowest BCUT2D eigenvalue weighted by atomic mass is 9.91. The molecular formula is C48H44Cl2N4O8. The first kappa shape index (κ1) is 43.5. The largest absolute Gasteiger partial charge is 0.489 e. The third kappa shape index (κ3) is 9.81. The lowest BCUT2D eigenvalue weighted by Crippen LogP contribution is -2.56. The molecular weight excluding hydrogens is 831 g/mol. The van der Waals surface area contributed by atoms with Crippen molar-refractivity contribution in [1.29, 1.82) is 5.26 Å². The van der Waals surface area contributed by atoms with Crippen LogP contribution >= 0.6 is 23.2 Å². The number of ether oxygens (including phenoxy) is 4. The summed E-state index contributed by atoms with van der Waals surface area (Å²) in [4.78, 5) is 57.9. The van der Waals surface area contributed by atoms with Gasteiger partial charge in [-0.3, -0.25) is 14.5 Å². The molecule has 0 aromatic heterocycles. The molecule has 2 aliphatic rings. The molecule has 1 N–H and O–H groups in total. The zero-order valence-corrected chi connectivity index (χ0v) is 36.3. The zero-order valence-electron chi connectivity index (χ0n) is 34.7. The molecule has 7 rings (SSSR count). The number of fused-ring (bicyclic) bond motifs is 2. The minimum Gasteiger partial charge on any atom is -0.489 e. The van der Waals surface area contributed by atoms with Crippen LogP contribution in [-0.2, 0) is 49.9 Å². The van der Waals surface area contributed by atoms with Crippen molar-refractivity contribution in [3.05, 3.63) is 147 Å². The van der Waals surface area contributed by atoms with E-state index in [1.807, 2.05) is 42.5 Å². The molecule has 3 amide bonds. The number of amides is 3. The molecule has 5 aromatic rings. The van der Waals surface area contributed by atoms with Crippen molar-refractivity contribution >= 4 is 52.8 Å². The van der Waals surface area contributed by atoms with Crippen molar-refractivity contribution in [3.8, 4) is 28.7 Å². The van der Waals surface area contributed by atoms with Gasteiger partial charge < -0.3 is 29.2 Å². The average molecular weight is 876 g/mol. The molecule has 0 saturated carbocycles. The maximum Gasteiger partial charge on any atom is 0.411 e. The minimum absolute atomic E-state index is 0.00807. The number of hydrogen-bond donors (Lipinski definition) is 1. The predicted octanol–water partition coefficient (Wildman–Crippen LogP) is 8.77. The number of carbonyl (C=O) groups excluding carboxylic acids is 4. The molecule has 2 aliphatic heterocycles. The first-order chi connectivity index (χ1) is 29.6. The second kappa shape index (κ2) is 18.2. The Kier molecular flexibility index (Phi) is 12.8. The maximum absolute atomic E-state index is 14.3. The Labute approximate surface area is 369 Å². The fraction of sp³-hybridized carbons (Fsp3) is 0.271. The number of esters is 1. The van der Waals surface area contributed by atoms with E-state index in [1.165, 1.54) is 16.9 Å². The first-order valence-corrected chi connectivity index (χ1v) is 20.6. The van der Waals surface area contributed by atoms with E-state index in [2.05, 4.69) is 11.4 Å². The van der Waals surface area contributed by atoms with Gasteiger partial charge in [-0.2, -0.15) is 5.26 Å². The number of nitrogens with zero attached hydrogens (tertiary/aromatic N) is 3. The molecule has 2 heterocycles. The highest BCUT2D eigenvalue weighted by Gasteiger charge is 2.41. The van der Waals surface area contributed by atoms with Crippen LogP contribution in [0.3, 0.4) is 0 Å². The fourth-order valence-corrected chi connectivity index (χ4v) is 7.65. The summed E-state index contributed by atoms with van der Waals surface area (Å²) in [5, 5.41) is 12.9. The summed E-state index contributed by atoms with van der Waals surface area (Å²) < 4.78 is 23.2. The second-order valence-corrected chi connectivity index (χ2v) is 16.9. The molecule has 14 heteroatoms. The Bertz CT molecular complexity index is 2550. The van der Waals surface area contributed by atoms with Gasteiger partial charge >= 0.3 is 12.1 Å². The van der Waals surface area contributed by atoms with Crippen molar-refractivity contribution in [2.24, 2.45) is 0 Å². The number of nitriles is 1. The van der Waals surface area contributed by atoms with Crippen molar-refractivity contribution < 1.29 is 38.1 Å². The highest BCUT2D eigenvalue weighted by molar-refractivity contribution is 6.42. The monoisotopic (exact) mass is 874 g/mol. The van der Waals surface area contributed by atoms with Crippen LogP contribution in [0.2, 0.25) is 10.0 Å². The molecule has 0 spiro atoms. The molecule has 5 aromatic carbocycles. The van der Waals surface area contributed by atoms with Crippen LogP contribution in [0.15, 0.2) is 103 Å². The number of hydrogen-bond acceptors (Lipinski definition) is 9.